The molecule has 32 heavy (non-hydrogen) atoms. The molecule has 4 rings (SSSR count). The van der Waals surface area contributed by atoms with Crippen molar-refractivity contribution >= 4 is 22.5 Å². The van der Waals surface area contributed by atoms with Crippen LogP contribution in [0.4, 0.5) is 5.69 Å². The lowest BCUT2D eigenvalue weighted by Gasteiger charge is -2.16. The SMILES string of the molecule is COc1cc(C(=O)Nc2cccc3ccc(C)nc23)cc(OC)c1OCc1ccccc1. The van der Waals surface area contributed by atoms with E-state index in [0.717, 1.165) is 22.2 Å². The summed E-state index contributed by atoms with van der Waals surface area (Å²) in [7, 11) is 3.06. The van der Waals surface area contributed by atoms with Gasteiger partial charge in [0.1, 0.15) is 6.61 Å². The zero-order valence-corrected chi connectivity index (χ0v) is 18.2. The number of aryl methyl sites for hydroxylation is 1. The minimum atomic E-state index is -0.299. The molecule has 6 heteroatoms. The Morgan fingerprint density at radius 2 is 1.62 bits per heavy atom. The van der Waals surface area contributed by atoms with Gasteiger partial charge in [-0.15, -0.1) is 0 Å². The highest BCUT2D eigenvalue weighted by Crippen LogP contribution is 2.39. The average molecular weight is 428 g/mol. The molecular weight excluding hydrogens is 404 g/mol. The van der Waals surface area contributed by atoms with Crippen molar-refractivity contribution in [2.75, 3.05) is 19.5 Å². The van der Waals surface area contributed by atoms with E-state index in [1.54, 1.807) is 12.1 Å². The standard InChI is InChI=1S/C26H24N2O4/c1-17-12-13-19-10-7-11-21(24(19)27-17)28-26(29)20-14-22(30-2)25(23(15-20)31-3)32-16-18-8-5-4-6-9-18/h4-15H,16H2,1-3H3,(H,28,29). The molecule has 0 spiro atoms. The molecule has 0 fully saturated rings. The van der Waals surface area contributed by atoms with E-state index in [1.807, 2.05) is 67.6 Å². The maximum absolute atomic E-state index is 13.1. The molecule has 6 nitrogen and oxygen atoms in total. The number of anilines is 1. The number of rotatable bonds is 7. The topological polar surface area (TPSA) is 69.7 Å². The van der Waals surface area contributed by atoms with E-state index in [1.165, 1.54) is 14.2 Å². The molecule has 0 aliphatic carbocycles. The fourth-order valence-electron chi connectivity index (χ4n) is 3.42. The van der Waals surface area contributed by atoms with E-state index in [-0.39, 0.29) is 5.91 Å². The lowest BCUT2D eigenvalue weighted by molar-refractivity contribution is 0.102. The molecule has 162 valence electrons. The molecule has 0 saturated heterocycles. The monoisotopic (exact) mass is 428 g/mol. The van der Waals surface area contributed by atoms with Crippen LogP contribution in [-0.4, -0.2) is 25.1 Å². The average Bonchev–Trinajstić information content (AvgIpc) is 2.83. The van der Waals surface area contributed by atoms with Crippen molar-refractivity contribution in [3.05, 3.63) is 89.6 Å². The van der Waals surface area contributed by atoms with Crippen LogP contribution in [-0.2, 0) is 6.61 Å². The predicted molar refractivity (Wildman–Crippen MR) is 125 cm³/mol. The van der Waals surface area contributed by atoms with Gasteiger partial charge < -0.3 is 19.5 Å². The molecule has 0 aliphatic rings. The van der Waals surface area contributed by atoms with E-state index in [2.05, 4.69) is 10.3 Å². The number of methoxy groups -OCH3 is 2. The summed E-state index contributed by atoms with van der Waals surface area (Å²) in [6.07, 6.45) is 0. The fourth-order valence-corrected chi connectivity index (χ4v) is 3.42. The highest BCUT2D eigenvalue weighted by atomic mass is 16.5. The highest BCUT2D eigenvalue weighted by Gasteiger charge is 2.19. The summed E-state index contributed by atoms with van der Waals surface area (Å²) in [4.78, 5) is 17.7. The summed E-state index contributed by atoms with van der Waals surface area (Å²) in [5.41, 5.74) is 3.65. The molecule has 1 aromatic heterocycles. The third kappa shape index (κ3) is 4.49. The van der Waals surface area contributed by atoms with Crippen LogP contribution in [0.3, 0.4) is 0 Å². The third-order valence-corrected chi connectivity index (χ3v) is 5.06. The lowest BCUT2D eigenvalue weighted by Crippen LogP contribution is -2.13. The Hall–Kier alpha value is -4.06. The smallest absolute Gasteiger partial charge is 0.256 e. The molecule has 0 bridgehead atoms. The first-order chi connectivity index (χ1) is 15.6. The van der Waals surface area contributed by atoms with Crippen molar-refractivity contribution in [3.8, 4) is 17.2 Å². The molecule has 3 aromatic carbocycles. The van der Waals surface area contributed by atoms with Gasteiger partial charge in [0.2, 0.25) is 5.75 Å². The van der Waals surface area contributed by atoms with Crippen LogP contribution in [0.25, 0.3) is 10.9 Å². The van der Waals surface area contributed by atoms with Gasteiger partial charge in [0.05, 0.1) is 25.4 Å². The quantitative estimate of drug-likeness (QED) is 0.427. The van der Waals surface area contributed by atoms with Gasteiger partial charge in [-0.05, 0) is 36.8 Å². The largest absolute Gasteiger partial charge is 0.493 e. The second-order valence-corrected chi connectivity index (χ2v) is 7.27. The number of fused-ring (bicyclic) bond motifs is 1. The number of nitrogens with zero attached hydrogens (tertiary/aromatic N) is 1. The normalized spacial score (nSPS) is 10.6. The van der Waals surface area contributed by atoms with Crippen molar-refractivity contribution in [2.24, 2.45) is 0 Å². The molecule has 1 heterocycles. The first kappa shape index (κ1) is 21.2. The molecule has 1 N–H and O–H groups in total. The summed E-state index contributed by atoms with van der Waals surface area (Å²) in [6, 6.07) is 22.7. The summed E-state index contributed by atoms with van der Waals surface area (Å²) in [6.45, 7) is 2.27. The number of pyridine rings is 1. The van der Waals surface area contributed by atoms with E-state index in [9.17, 15) is 4.79 Å². The number of amides is 1. The molecule has 4 aromatic rings. The van der Waals surface area contributed by atoms with Crippen LogP contribution >= 0.6 is 0 Å². The summed E-state index contributed by atoms with van der Waals surface area (Å²) < 4.78 is 17.0. The van der Waals surface area contributed by atoms with Gasteiger partial charge in [0.25, 0.3) is 5.91 Å². The van der Waals surface area contributed by atoms with Gasteiger partial charge in [0.15, 0.2) is 11.5 Å². The molecule has 0 aliphatic heterocycles. The zero-order chi connectivity index (χ0) is 22.5. The molecular formula is C26H24N2O4. The van der Waals surface area contributed by atoms with Crippen molar-refractivity contribution in [1.82, 2.24) is 4.98 Å². The third-order valence-electron chi connectivity index (χ3n) is 5.06. The maximum Gasteiger partial charge on any atom is 0.256 e. The minimum Gasteiger partial charge on any atom is -0.493 e. The van der Waals surface area contributed by atoms with E-state index < -0.39 is 0 Å². The Kier molecular flexibility index (Phi) is 6.22. The second kappa shape index (κ2) is 9.39. The molecule has 0 unspecified atom stereocenters. The van der Waals surface area contributed by atoms with Gasteiger partial charge in [-0.2, -0.15) is 0 Å². The zero-order valence-electron chi connectivity index (χ0n) is 18.2. The van der Waals surface area contributed by atoms with Gasteiger partial charge >= 0.3 is 0 Å². The van der Waals surface area contributed by atoms with Crippen molar-refractivity contribution in [3.63, 3.8) is 0 Å². The van der Waals surface area contributed by atoms with E-state index >= 15 is 0 Å². The molecule has 0 atom stereocenters. The number of carbonyl (C=O) groups is 1. The minimum absolute atomic E-state index is 0.299. The second-order valence-electron chi connectivity index (χ2n) is 7.27. The van der Waals surface area contributed by atoms with Crippen LogP contribution in [0.2, 0.25) is 0 Å². The molecule has 1 amide bonds. The number of ether oxygens (including phenoxy) is 3. The lowest BCUT2D eigenvalue weighted by atomic mass is 10.1. The van der Waals surface area contributed by atoms with Crippen LogP contribution in [0.15, 0.2) is 72.8 Å². The molecule has 0 saturated carbocycles. The number of nitrogens with one attached hydrogen (secondary N) is 1. The van der Waals surface area contributed by atoms with Crippen LogP contribution < -0.4 is 19.5 Å². The Bertz CT molecular complexity index is 1230. The summed E-state index contributed by atoms with van der Waals surface area (Å²) >= 11 is 0. The number of carbonyl (C=O) groups excluding carboxylic acids is 1. The van der Waals surface area contributed by atoms with Crippen molar-refractivity contribution in [2.45, 2.75) is 13.5 Å². The highest BCUT2D eigenvalue weighted by molar-refractivity contribution is 6.08. The Morgan fingerprint density at radius 1 is 0.906 bits per heavy atom. The van der Waals surface area contributed by atoms with Gasteiger partial charge in [-0.1, -0.05) is 48.5 Å². The van der Waals surface area contributed by atoms with Gasteiger partial charge in [-0.25, -0.2) is 0 Å². The number of hydrogen-bond donors (Lipinski definition) is 1. The van der Waals surface area contributed by atoms with E-state index in [0.29, 0.717) is 35.1 Å². The Balaban J connectivity index is 1.62. The summed E-state index contributed by atoms with van der Waals surface area (Å²) in [5.74, 6) is 0.972. The van der Waals surface area contributed by atoms with Crippen LogP contribution in [0.5, 0.6) is 17.2 Å². The first-order valence-electron chi connectivity index (χ1n) is 10.2. The number of benzene rings is 3. The predicted octanol–water partition coefficient (Wildman–Crippen LogP) is 5.39. The number of para-hydroxylation sites is 1. The van der Waals surface area contributed by atoms with Crippen LogP contribution in [0, 0.1) is 6.92 Å². The fraction of sp³-hybridized carbons (Fsp3) is 0.154. The van der Waals surface area contributed by atoms with Crippen molar-refractivity contribution in [1.29, 1.82) is 0 Å². The first-order valence-corrected chi connectivity index (χ1v) is 10.2. The maximum atomic E-state index is 13.1. The molecule has 0 radical (unpaired) electrons. The Morgan fingerprint density at radius 3 is 2.31 bits per heavy atom. The Labute approximate surface area is 186 Å². The van der Waals surface area contributed by atoms with Crippen molar-refractivity contribution < 1.29 is 19.0 Å². The summed E-state index contributed by atoms with van der Waals surface area (Å²) in [5, 5.41) is 3.91. The van der Waals surface area contributed by atoms with Crippen LogP contribution in [0.1, 0.15) is 21.6 Å². The van der Waals surface area contributed by atoms with Gasteiger partial charge in [0, 0.05) is 16.6 Å². The van der Waals surface area contributed by atoms with E-state index in [4.69, 9.17) is 14.2 Å². The number of aromatic nitrogens is 1. The number of hydrogen-bond acceptors (Lipinski definition) is 5. The van der Waals surface area contributed by atoms with Gasteiger partial charge in [-0.3, -0.25) is 9.78 Å².